The zero-order chi connectivity index (χ0) is 22.6. The maximum absolute atomic E-state index is 12.9. The maximum atomic E-state index is 12.9. The van der Waals surface area contributed by atoms with Crippen molar-refractivity contribution in [3.05, 3.63) is 70.2 Å². The first kappa shape index (κ1) is 22.5. The first-order chi connectivity index (χ1) is 14.6. The van der Waals surface area contributed by atoms with Crippen molar-refractivity contribution >= 4 is 39.7 Å². The van der Waals surface area contributed by atoms with Crippen molar-refractivity contribution in [1.82, 2.24) is 4.98 Å². The lowest BCUT2D eigenvalue weighted by Crippen LogP contribution is -2.29. The molecule has 0 unspecified atom stereocenters. The number of carbonyl (C=O) groups excluding carboxylic acids is 2. The summed E-state index contributed by atoms with van der Waals surface area (Å²) >= 11 is 1.37. The molecule has 0 aliphatic rings. The Morgan fingerprint density at radius 3 is 2.39 bits per heavy atom. The molecule has 1 heterocycles. The van der Waals surface area contributed by atoms with Gasteiger partial charge in [-0.2, -0.15) is 0 Å². The number of hydrogen-bond donors (Lipinski definition) is 3. The molecule has 0 bridgehead atoms. The first-order valence-corrected chi connectivity index (χ1v) is 11.0. The summed E-state index contributed by atoms with van der Waals surface area (Å²) in [5, 5.41) is 11.6. The van der Waals surface area contributed by atoms with Gasteiger partial charge >= 0.3 is 0 Å². The van der Waals surface area contributed by atoms with Crippen LogP contribution in [0, 0.1) is 19.3 Å². The minimum atomic E-state index is -0.588. The summed E-state index contributed by atoms with van der Waals surface area (Å²) in [5.74, 6) is -0.465. The Labute approximate surface area is 187 Å². The Morgan fingerprint density at radius 2 is 1.74 bits per heavy atom. The van der Waals surface area contributed by atoms with Gasteiger partial charge in [0.1, 0.15) is 0 Å². The van der Waals surface area contributed by atoms with Crippen LogP contribution in [0.5, 0.6) is 0 Å². The molecule has 0 fully saturated rings. The van der Waals surface area contributed by atoms with Gasteiger partial charge in [0.15, 0.2) is 5.13 Å². The monoisotopic (exact) mass is 436 g/mol. The molecule has 6 nitrogen and oxygen atoms in total. The molecule has 0 saturated carbocycles. The number of nitrogens with zero attached hydrogens (tertiary/aromatic N) is 1. The van der Waals surface area contributed by atoms with Crippen molar-refractivity contribution in [3.63, 3.8) is 0 Å². The molecule has 3 aromatic rings. The lowest BCUT2D eigenvalue weighted by molar-refractivity contribution is -0.123. The molecule has 1 aromatic heterocycles. The number of benzene rings is 2. The van der Waals surface area contributed by atoms with E-state index in [2.05, 4.69) is 20.9 Å². The Bertz CT molecular complexity index is 1100. The van der Waals surface area contributed by atoms with Gasteiger partial charge in [-0.15, -0.1) is 11.3 Å². The normalized spacial score (nSPS) is 11.1. The van der Waals surface area contributed by atoms with Gasteiger partial charge in [-0.25, -0.2) is 4.98 Å². The van der Waals surface area contributed by atoms with Crippen LogP contribution in [0.4, 0.5) is 16.5 Å². The second-order valence-electron chi connectivity index (χ2n) is 8.50. The number of aromatic nitrogens is 1. The average molecular weight is 437 g/mol. The number of para-hydroxylation sites is 1. The summed E-state index contributed by atoms with van der Waals surface area (Å²) in [7, 11) is 0. The van der Waals surface area contributed by atoms with E-state index in [4.69, 9.17) is 0 Å². The third-order valence-corrected chi connectivity index (χ3v) is 5.60. The number of anilines is 3. The minimum absolute atomic E-state index is 0.157. The van der Waals surface area contributed by atoms with E-state index in [1.807, 2.05) is 76.4 Å². The topological polar surface area (TPSA) is 83.1 Å². The summed E-state index contributed by atoms with van der Waals surface area (Å²) in [5.41, 5.74) is 4.28. The molecule has 3 N–H and O–H groups in total. The van der Waals surface area contributed by atoms with Crippen molar-refractivity contribution in [2.45, 2.75) is 41.2 Å². The van der Waals surface area contributed by atoms with E-state index in [0.717, 1.165) is 22.5 Å². The van der Waals surface area contributed by atoms with Gasteiger partial charge in [-0.05, 0) is 43.2 Å². The van der Waals surface area contributed by atoms with Gasteiger partial charge in [-0.3, -0.25) is 14.9 Å². The summed E-state index contributed by atoms with van der Waals surface area (Å²) in [6, 6.07) is 13.5. The van der Waals surface area contributed by atoms with E-state index >= 15 is 0 Å². The lowest BCUT2D eigenvalue weighted by Gasteiger charge is -2.20. The van der Waals surface area contributed by atoms with E-state index in [9.17, 15) is 9.59 Å². The van der Waals surface area contributed by atoms with Crippen LogP contribution in [0.3, 0.4) is 0 Å². The van der Waals surface area contributed by atoms with Crippen LogP contribution < -0.4 is 16.0 Å². The molecule has 0 aliphatic carbocycles. The van der Waals surface area contributed by atoms with Gasteiger partial charge in [-0.1, -0.05) is 45.0 Å². The quantitative estimate of drug-likeness (QED) is 0.469. The summed E-state index contributed by atoms with van der Waals surface area (Å²) < 4.78 is 0. The molecule has 0 radical (unpaired) electrons. The number of aryl methyl sites for hydroxylation is 2. The molecule has 3 rings (SSSR count). The van der Waals surface area contributed by atoms with Gasteiger partial charge in [0.05, 0.1) is 16.9 Å². The maximum Gasteiger partial charge on any atom is 0.259 e. The van der Waals surface area contributed by atoms with E-state index in [0.29, 0.717) is 22.9 Å². The largest absolute Gasteiger partial charge is 0.381 e. The van der Waals surface area contributed by atoms with Crippen LogP contribution in [0.1, 0.15) is 48.0 Å². The predicted octanol–water partition coefficient (Wildman–Crippen LogP) is 5.61. The zero-order valence-corrected chi connectivity index (χ0v) is 19.3. The van der Waals surface area contributed by atoms with Crippen LogP contribution in [-0.4, -0.2) is 16.8 Å². The third kappa shape index (κ3) is 5.92. The number of nitrogens with one attached hydrogen (secondary N) is 3. The molecule has 0 spiro atoms. The highest BCUT2D eigenvalue weighted by atomic mass is 32.1. The van der Waals surface area contributed by atoms with E-state index in [1.54, 1.807) is 6.07 Å². The zero-order valence-electron chi connectivity index (χ0n) is 18.5. The molecular weight excluding hydrogens is 408 g/mol. The van der Waals surface area contributed by atoms with Gasteiger partial charge < -0.3 is 10.6 Å². The smallest absolute Gasteiger partial charge is 0.259 e. The molecule has 31 heavy (non-hydrogen) atoms. The number of amides is 2. The Kier molecular flexibility index (Phi) is 6.75. The third-order valence-electron chi connectivity index (χ3n) is 4.73. The summed E-state index contributed by atoms with van der Waals surface area (Å²) in [6.45, 7) is 10.00. The second kappa shape index (κ2) is 9.31. The molecular formula is C24H28N4O2S. The number of thiazole rings is 1. The SMILES string of the molecule is Cc1csc(NC(=O)c2ccc(CNc3ccccc3C)cc2NC(=O)C(C)(C)C)n1. The predicted molar refractivity (Wildman–Crippen MR) is 128 cm³/mol. The second-order valence-corrected chi connectivity index (χ2v) is 9.36. The molecule has 162 valence electrons. The summed E-state index contributed by atoms with van der Waals surface area (Å²) in [4.78, 5) is 29.8. The first-order valence-electron chi connectivity index (χ1n) is 10.1. The van der Waals surface area contributed by atoms with E-state index in [-0.39, 0.29) is 11.8 Å². The highest BCUT2D eigenvalue weighted by molar-refractivity contribution is 7.13. The Balaban J connectivity index is 1.85. The van der Waals surface area contributed by atoms with Crippen molar-refractivity contribution < 1.29 is 9.59 Å². The molecule has 2 amide bonds. The van der Waals surface area contributed by atoms with Crippen molar-refractivity contribution in [2.24, 2.45) is 5.41 Å². The number of hydrogen-bond acceptors (Lipinski definition) is 5. The van der Waals surface area contributed by atoms with E-state index < -0.39 is 5.41 Å². The molecule has 7 heteroatoms. The average Bonchev–Trinajstić information content (AvgIpc) is 3.11. The molecule has 0 saturated heterocycles. The van der Waals surface area contributed by atoms with Crippen LogP contribution in [0.25, 0.3) is 0 Å². The fraction of sp³-hybridized carbons (Fsp3) is 0.292. The van der Waals surface area contributed by atoms with Crippen LogP contribution in [0.2, 0.25) is 0 Å². The van der Waals surface area contributed by atoms with Gasteiger partial charge in [0.2, 0.25) is 5.91 Å². The minimum Gasteiger partial charge on any atom is -0.381 e. The van der Waals surface area contributed by atoms with Crippen molar-refractivity contribution in [1.29, 1.82) is 0 Å². The number of carbonyl (C=O) groups is 2. The fourth-order valence-electron chi connectivity index (χ4n) is 2.86. The van der Waals surface area contributed by atoms with Gasteiger partial charge in [0, 0.05) is 23.0 Å². The number of rotatable bonds is 6. The van der Waals surface area contributed by atoms with E-state index in [1.165, 1.54) is 11.3 Å². The van der Waals surface area contributed by atoms with Crippen molar-refractivity contribution in [3.8, 4) is 0 Å². The standard InChI is InChI=1S/C24H28N4O2S/c1-15-8-6-7-9-19(15)25-13-17-10-11-18(20(12-17)27-22(30)24(3,4)5)21(29)28-23-26-16(2)14-31-23/h6-12,14,25H,13H2,1-5H3,(H,27,30)(H,26,28,29). The fourth-order valence-corrected chi connectivity index (χ4v) is 3.54. The van der Waals surface area contributed by atoms with Gasteiger partial charge in [0.25, 0.3) is 5.91 Å². The highest BCUT2D eigenvalue weighted by Crippen LogP contribution is 2.25. The van der Waals surface area contributed by atoms with Crippen molar-refractivity contribution in [2.75, 3.05) is 16.0 Å². The van der Waals surface area contributed by atoms with Crippen LogP contribution in [0.15, 0.2) is 47.8 Å². The Morgan fingerprint density at radius 1 is 1.00 bits per heavy atom. The molecule has 0 aliphatic heterocycles. The summed E-state index contributed by atoms with van der Waals surface area (Å²) in [6.07, 6.45) is 0. The lowest BCUT2D eigenvalue weighted by atomic mass is 9.95. The highest BCUT2D eigenvalue weighted by Gasteiger charge is 2.23. The Hall–Kier alpha value is -3.19. The molecule has 2 aromatic carbocycles. The van der Waals surface area contributed by atoms with Crippen LogP contribution >= 0.6 is 11.3 Å². The molecule has 0 atom stereocenters. The van der Waals surface area contributed by atoms with Crippen LogP contribution in [-0.2, 0) is 11.3 Å².